The fraction of sp³-hybridized carbons (Fsp3) is 1.00. The molecule has 2 atom stereocenters. The lowest BCUT2D eigenvalue weighted by atomic mass is 10.4. The van der Waals surface area contributed by atoms with Crippen LogP contribution in [0.15, 0.2) is 0 Å². The molecule has 0 radical (unpaired) electrons. The first-order valence-electron chi connectivity index (χ1n) is 4.41. The van der Waals surface area contributed by atoms with Gasteiger partial charge in [-0.3, -0.25) is 0 Å². The summed E-state index contributed by atoms with van der Waals surface area (Å²) in [7, 11) is -2.91. The van der Waals surface area contributed by atoms with Crippen LogP contribution in [-0.2, 0) is 0 Å². The Labute approximate surface area is 70.5 Å². The summed E-state index contributed by atoms with van der Waals surface area (Å²) in [6.45, 7) is 7.86. The molecule has 0 spiro atoms. The van der Waals surface area contributed by atoms with Crippen LogP contribution in [0, 0.1) is 0 Å². The first kappa shape index (κ1) is 11.1. The quantitative estimate of drug-likeness (QED) is 0.643. The van der Waals surface area contributed by atoms with Gasteiger partial charge in [-0.25, -0.2) is 0 Å². The highest BCUT2D eigenvalue weighted by atomic mass is 28.4. The summed E-state index contributed by atoms with van der Waals surface area (Å²) < 4.78 is 0. The Morgan fingerprint density at radius 3 is 1.45 bits per heavy atom. The van der Waals surface area contributed by atoms with Crippen molar-refractivity contribution in [3.8, 4) is 0 Å². The van der Waals surface area contributed by atoms with E-state index in [1.165, 1.54) is 0 Å². The summed E-state index contributed by atoms with van der Waals surface area (Å²) >= 11 is 0. The molecule has 0 saturated heterocycles. The van der Waals surface area contributed by atoms with E-state index >= 15 is 0 Å². The fourth-order valence-corrected chi connectivity index (χ4v) is 3.26. The van der Waals surface area contributed by atoms with Crippen molar-refractivity contribution < 1.29 is 9.59 Å². The average molecular weight is 176 g/mol. The van der Waals surface area contributed by atoms with Crippen molar-refractivity contribution >= 4 is 8.56 Å². The Morgan fingerprint density at radius 2 is 1.27 bits per heavy atom. The molecule has 0 amide bonds. The molecule has 0 aromatic carbocycles. The maximum atomic E-state index is 9.75. The number of hydrogen-bond acceptors (Lipinski definition) is 2. The SMILES string of the molecule is CCC(C)[Si](O)(O)C(C)CC. The molecular formula is C8H20O2Si. The Morgan fingerprint density at radius 1 is 1.00 bits per heavy atom. The molecule has 68 valence electrons. The summed E-state index contributed by atoms with van der Waals surface area (Å²) in [6.07, 6.45) is 1.73. The van der Waals surface area contributed by atoms with E-state index in [1.807, 2.05) is 27.7 Å². The van der Waals surface area contributed by atoms with Gasteiger partial charge in [-0.15, -0.1) is 0 Å². The van der Waals surface area contributed by atoms with E-state index in [9.17, 15) is 9.59 Å². The van der Waals surface area contributed by atoms with Gasteiger partial charge in [0, 0.05) is 0 Å². The molecule has 0 aromatic rings. The predicted molar refractivity (Wildman–Crippen MR) is 49.6 cm³/mol. The fourth-order valence-electron chi connectivity index (χ4n) is 1.09. The zero-order chi connectivity index (χ0) is 9.07. The van der Waals surface area contributed by atoms with Crippen molar-refractivity contribution in [2.75, 3.05) is 0 Å². The third-order valence-electron chi connectivity index (χ3n) is 2.68. The first-order valence-corrected chi connectivity index (χ1v) is 6.46. The lowest BCUT2D eigenvalue weighted by Crippen LogP contribution is -2.43. The summed E-state index contributed by atoms with van der Waals surface area (Å²) in [5.41, 5.74) is 0.190. The molecular weight excluding hydrogens is 156 g/mol. The Bertz CT molecular complexity index is 103. The largest absolute Gasteiger partial charge is 0.410 e. The molecule has 0 saturated carbocycles. The van der Waals surface area contributed by atoms with E-state index in [0.29, 0.717) is 0 Å². The summed E-state index contributed by atoms with van der Waals surface area (Å²) in [6, 6.07) is 0. The van der Waals surface area contributed by atoms with E-state index in [4.69, 9.17) is 0 Å². The lowest BCUT2D eigenvalue weighted by molar-refractivity contribution is 0.318. The zero-order valence-electron chi connectivity index (χ0n) is 7.96. The maximum Gasteiger partial charge on any atom is 0.338 e. The highest BCUT2D eigenvalue weighted by molar-refractivity contribution is 6.67. The van der Waals surface area contributed by atoms with Crippen molar-refractivity contribution in [3.63, 3.8) is 0 Å². The molecule has 0 aliphatic heterocycles. The topological polar surface area (TPSA) is 40.5 Å². The average Bonchev–Trinajstić information content (AvgIpc) is 2.01. The minimum atomic E-state index is -2.91. The Balaban J connectivity index is 4.18. The van der Waals surface area contributed by atoms with E-state index < -0.39 is 8.56 Å². The summed E-state index contributed by atoms with van der Waals surface area (Å²) in [4.78, 5) is 19.5. The van der Waals surface area contributed by atoms with Gasteiger partial charge >= 0.3 is 8.56 Å². The monoisotopic (exact) mass is 176 g/mol. The van der Waals surface area contributed by atoms with Crippen molar-refractivity contribution in [2.24, 2.45) is 0 Å². The summed E-state index contributed by atoms with van der Waals surface area (Å²) in [5.74, 6) is 0. The molecule has 0 rings (SSSR count). The van der Waals surface area contributed by atoms with Gasteiger partial charge in [0.2, 0.25) is 0 Å². The molecule has 3 heteroatoms. The molecule has 0 fully saturated rings. The Hall–Kier alpha value is 0.137. The minimum Gasteiger partial charge on any atom is -0.410 e. The minimum absolute atomic E-state index is 0.0949. The predicted octanol–water partition coefficient (Wildman–Crippen LogP) is 2.01. The van der Waals surface area contributed by atoms with Crippen molar-refractivity contribution in [1.82, 2.24) is 0 Å². The molecule has 0 bridgehead atoms. The van der Waals surface area contributed by atoms with Gasteiger partial charge in [-0.1, -0.05) is 40.5 Å². The molecule has 0 aliphatic rings. The highest BCUT2D eigenvalue weighted by Gasteiger charge is 2.40. The molecule has 11 heavy (non-hydrogen) atoms. The van der Waals surface area contributed by atoms with Gasteiger partial charge in [0.15, 0.2) is 0 Å². The van der Waals surface area contributed by atoms with Gasteiger partial charge in [-0.05, 0) is 11.1 Å². The third kappa shape index (κ3) is 2.58. The van der Waals surface area contributed by atoms with E-state index in [2.05, 4.69) is 0 Å². The maximum absolute atomic E-state index is 9.75. The molecule has 0 aromatic heterocycles. The molecule has 2 nitrogen and oxygen atoms in total. The number of rotatable bonds is 4. The van der Waals surface area contributed by atoms with Crippen LogP contribution >= 0.6 is 0 Å². The Kier molecular flexibility index (Phi) is 4.29. The van der Waals surface area contributed by atoms with Crippen LogP contribution in [0.4, 0.5) is 0 Å². The third-order valence-corrected chi connectivity index (χ3v) is 6.39. The van der Waals surface area contributed by atoms with Gasteiger partial charge in [0.1, 0.15) is 0 Å². The molecule has 2 unspecified atom stereocenters. The van der Waals surface area contributed by atoms with Gasteiger partial charge in [-0.2, -0.15) is 0 Å². The van der Waals surface area contributed by atoms with Crippen molar-refractivity contribution in [1.29, 1.82) is 0 Å². The van der Waals surface area contributed by atoms with Crippen LogP contribution < -0.4 is 0 Å². The van der Waals surface area contributed by atoms with Crippen LogP contribution in [0.25, 0.3) is 0 Å². The van der Waals surface area contributed by atoms with Crippen molar-refractivity contribution in [3.05, 3.63) is 0 Å². The second-order valence-electron chi connectivity index (χ2n) is 3.40. The van der Waals surface area contributed by atoms with E-state index in [0.717, 1.165) is 12.8 Å². The molecule has 2 N–H and O–H groups in total. The van der Waals surface area contributed by atoms with Crippen molar-refractivity contribution in [2.45, 2.75) is 51.6 Å². The normalized spacial score (nSPS) is 18.0. The molecule has 0 heterocycles. The second kappa shape index (κ2) is 4.23. The van der Waals surface area contributed by atoms with Crippen LogP contribution in [-0.4, -0.2) is 18.2 Å². The van der Waals surface area contributed by atoms with E-state index in [1.54, 1.807) is 0 Å². The van der Waals surface area contributed by atoms with E-state index in [-0.39, 0.29) is 11.1 Å². The smallest absolute Gasteiger partial charge is 0.338 e. The van der Waals surface area contributed by atoms with Crippen LogP contribution in [0.1, 0.15) is 40.5 Å². The van der Waals surface area contributed by atoms with Gasteiger partial charge < -0.3 is 9.59 Å². The van der Waals surface area contributed by atoms with Crippen LogP contribution in [0.5, 0.6) is 0 Å². The highest BCUT2D eigenvalue weighted by Crippen LogP contribution is 2.31. The van der Waals surface area contributed by atoms with Gasteiger partial charge in [0.05, 0.1) is 0 Å². The van der Waals surface area contributed by atoms with Gasteiger partial charge in [0.25, 0.3) is 0 Å². The van der Waals surface area contributed by atoms with Crippen LogP contribution in [0.2, 0.25) is 11.1 Å². The van der Waals surface area contributed by atoms with Crippen LogP contribution in [0.3, 0.4) is 0 Å². The zero-order valence-corrected chi connectivity index (χ0v) is 8.96. The second-order valence-corrected chi connectivity index (χ2v) is 6.94. The summed E-state index contributed by atoms with van der Waals surface area (Å²) in [5, 5.41) is 0. The molecule has 0 aliphatic carbocycles. The lowest BCUT2D eigenvalue weighted by Gasteiger charge is -2.29. The standard InChI is InChI=1S/C8H20O2Si/c1-5-7(3)11(9,10)8(4)6-2/h7-10H,5-6H2,1-4H3. The first-order chi connectivity index (χ1) is 4.96. The number of hydrogen-bond donors (Lipinski definition) is 2.